The molecule has 0 saturated heterocycles. The predicted molar refractivity (Wildman–Crippen MR) is 90.9 cm³/mol. The summed E-state index contributed by atoms with van der Waals surface area (Å²) >= 11 is 6.82. The number of carbonyl (C=O) groups is 2. The zero-order chi connectivity index (χ0) is 19.8. The standard InChI is InChI=1S/C15H15ClF3N3O3S/c1-5-25-14(24)8-6(2)7(3)26-13(8)20-12(23)10-9(16)11(15(17,18)19)22(4)21-10/h5H2,1-4H3,(H,20,23). The molecule has 1 N–H and O–H groups in total. The van der Waals surface area contributed by atoms with E-state index in [2.05, 4.69) is 10.4 Å². The van der Waals surface area contributed by atoms with Gasteiger partial charge < -0.3 is 10.1 Å². The van der Waals surface area contributed by atoms with Gasteiger partial charge >= 0.3 is 12.1 Å². The molecule has 26 heavy (non-hydrogen) atoms. The Morgan fingerprint density at radius 2 is 1.96 bits per heavy atom. The molecule has 0 atom stereocenters. The fourth-order valence-electron chi connectivity index (χ4n) is 2.28. The number of aromatic nitrogens is 2. The SMILES string of the molecule is CCOC(=O)c1c(NC(=O)c2nn(C)c(C(F)(F)F)c2Cl)sc(C)c1C. The first-order valence-corrected chi connectivity index (χ1v) is 8.56. The van der Waals surface area contributed by atoms with Gasteiger partial charge in [-0.1, -0.05) is 11.6 Å². The van der Waals surface area contributed by atoms with E-state index in [0.717, 1.165) is 23.3 Å². The predicted octanol–water partition coefficient (Wildman–Crippen LogP) is 4.20. The normalized spacial score (nSPS) is 11.5. The van der Waals surface area contributed by atoms with Crippen molar-refractivity contribution in [2.45, 2.75) is 26.9 Å². The van der Waals surface area contributed by atoms with Gasteiger partial charge in [0.15, 0.2) is 11.4 Å². The molecular weight excluding hydrogens is 395 g/mol. The summed E-state index contributed by atoms with van der Waals surface area (Å²) in [6.07, 6.45) is -4.76. The molecule has 1 amide bonds. The third-order valence-electron chi connectivity index (χ3n) is 3.56. The summed E-state index contributed by atoms with van der Waals surface area (Å²) in [5.74, 6) is -1.58. The van der Waals surface area contributed by atoms with Crippen molar-refractivity contribution in [1.29, 1.82) is 0 Å². The molecule has 0 saturated carbocycles. The summed E-state index contributed by atoms with van der Waals surface area (Å²) in [6, 6.07) is 0. The van der Waals surface area contributed by atoms with Crippen molar-refractivity contribution < 1.29 is 27.5 Å². The minimum atomic E-state index is -4.76. The van der Waals surface area contributed by atoms with Crippen molar-refractivity contribution in [2.24, 2.45) is 7.05 Å². The zero-order valence-corrected chi connectivity index (χ0v) is 15.8. The van der Waals surface area contributed by atoms with Gasteiger partial charge in [0, 0.05) is 11.9 Å². The van der Waals surface area contributed by atoms with E-state index in [1.54, 1.807) is 20.8 Å². The van der Waals surface area contributed by atoms with Gasteiger partial charge in [0.25, 0.3) is 5.91 Å². The van der Waals surface area contributed by atoms with Crippen LogP contribution in [0.25, 0.3) is 0 Å². The number of amides is 1. The molecule has 2 rings (SSSR count). The third-order valence-corrected chi connectivity index (χ3v) is 5.05. The number of anilines is 1. The van der Waals surface area contributed by atoms with Crippen LogP contribution in [0.5, 0.6) is 0 Å². The Labute approximate surface area is 155 Å². The topological polar surface area (TPSA) is 73.2 Å². The minimum Gasteiger partial charge on any atom is -0.462 e. The Hall–Kier alpha value is -2.07. The van der Waals surface area contributed by atoms with E-state index < -0.39 is 34.5 Å². The second kappa shape index (κ2) is 7.28. The van der Waals surface area contributed by atoms with Gasteiger partial charge in [0.1, 0.15) is 10.0 Å². The maximum atomic E-state index is 13.0. The molecule has 0 aromatic carbocycles. The summed E-state index contributed by atoms with van der Waals surface area (Å²) in [4.78, 5) is 25.3. The molecule has 2 aromatic heterocycles. The van der Waals surface area contributed by atoms with E-state index in [4.69, 9.17) is 16.3 Å². The first kappa shape index (κ1) is 20.2. The molecule has 11 heteroatoms. The summed E-state index contributed by atoms with van der Waals surface area (Å²) in [7, 11) is 1.04. The second-order valence-corrected chi connectivity index (χ2v) is 6.90. The number of nitrogens with zero attached hydrogens (tertiary/aromatic N) is 2. The maximum absolute atomic E-state index is 13.0. The van der Waals surface area contributed by atoms with Gasteiger partial charge in [-0.15, -0.1) is 11.3 Å². The molecule has 0 aliphatic heterocycles. The zero-order valence-electron chi connectivity index (χ0n) is 14.2. The number of rotatable bonds is 4. The molecule has 142 valence electrons. The van der Waals surface area contributed by atoms with Crippen LogP contribution in [0.1, 0.15) is 43.9 Å². The van der Waals surface area contributed by atoms with Gasteiger partial charge in [-0.25, -0.2) is 4.79 Å². The van der Waals surface area contributed by atoms with Crippen molar-refractivity contribution in [1.82, 2.24) is 9.78 Å². The maximum Gasteiger partial charge on any atom is 0.434 e. The number of ether oxygens (including phenoxy) is 1. The van der Waals surface area contributed by atoms with Crippen molar-refractivity contribution in [3.63, 3.8) is 0 Å². The minimum absolute atomic E-state index is 0.140. The van der Waals surface area contributed by atoms with Crippen LogP contribution >= 0.6 is 22.9 Å². The van der Waals surface area contributed by atoms with Crippen LogP contribution < -0.4 is 5.32 Å². The number of aryl methyl sites for hydroxylation is 2. The molecule has 0 aliphatic carbocycles. The van der Waals surface area contributed by atoms with Gasteiger partial charge in [0.2, 0.25) is 0 Å². The van der Waals surface area contributed by atoms with Crippen molar-refractivity contribution in [2.75, 3.05) is 11.9 Å². The van der Waals surface area contributed by atoms with E-state index in [9.17, 15) is 22.8 Å². The largest absolute Gasteiger partial charge is 0.462 e. The van der Waals surface area contributed by atoms with Gasteiger partial charge in [-0.2, -0.15) is 18.3 Å². The molecule has 0 spiro atoms. The molecule has 0 aliphatic rings. The highest BCUT2D eigenvalue weighted by Crippen LogP contribution is 2.37. The van der Waals surface area contributed by atoms with Gasteiger partial charge in [-0.05, 0) is 26.3 Å². The van der Waals surface area contributed by atoms with Crippen LogP contribution in [0.2, 0.25) is 5.02 Å². The van der Waals surface area contributed by atoms with Crippen molar-refractivity contribution in [3.05, 3.63) is 32.4 Å². The molecule has 6 nitrogen and oxygen atoms in total. The summed E-state index contributed by atoms with van der Waals surface area (Å²) in [5.41, 5.74) is -1.04. The molecule has 0 fully saturated rings. The quantitative estimate of drug-likeness (QED) is 0.768. The average molecular weight is 410 g/mol. The molecular formula is C15H15ClF3N3O3S. The number of alkyl halides is 3. The van der Waals surface area contributed by atoms with Crippen LogP contribution in [0.15, 0.2) is 0 Å². The molecule has 0 bridgehead atoms. The summed E-state index contributed by atoms with van der Waals surface area (Å²) in [6.45, 7) is 5.20. The highest BCUT2D eigenvalue weighted by Gasteiger charge is 2.40. The highest BCUT2D eigenvalue weighted by molar-refractivity contribution is 7.16. The number of hydrogen-bond donors (Lipinski definition) is 1. The monoisotopic (exact) mass is 409 g/mol. The van der Waals surface area contributed by atoms with E-state index >= 15 is 0 Å². The number of esters is 1. The van der Waals surface area contributed by atoms with Gasteiger partial charge in [-0.3, -0.25) is 9.48 Å². The van der Waals surface area contributed by atoms with E-state index in [1.165, 1.54) is 0 Å². The smallest absolute Gasteiger partial charge is 0.434 e. The summed E-state index contributed by atoms with van der Waals surface area (Å²) in [5, 5.41) is 5.33. The Balaban J connectivity index is 2.41. The van der Waals surface area contributed by atoms with Crippen LogP contribution in [0.3, 0.4) is 0 Å². The number of thiophene rings is 1. The lowest BCUT2D eigenvalue weighted by atomic mass is 10.1. The van der Waals surface area contributed by atoms with Crippen molar-refractivity contribution >= 4 is 39.8 Å². The molecule has 0 radical (unpaired) electrons. The Bertz CT molecular complexity index is 874. The van der Waals surface area contributed by atoms with E-state index in [1.807, 2.05) is 0 Å². The molecule has 2 aromatic rings. The van der Waals surface area contributed by atoms with Crippen LogP contribution in [-0.2, 0) is 18.0 Å². The van der Waals surface area contributed by atoms with Crippen molar-refractivity contribution in [3.8, 4) is 0 Å². The van der Waals surface area contributed by atoms with E-state index in [0.29, 0.717) is 10.2 Å². The number of carbonyl (C=O) groups excluding carboxylic acids is 2. The number of nitrogens with one attached hydrogen (secondary N) is 1. The van der Waals surface area contributed by atoms with Crippen LogP contribution in [0.4, 0.5) is 18.2 Å². The summed E-state index contributed by atoms with van der Waals surface area (Å²) < 4.78 is 44.4. The van der Waals surface area contributed by atoms with E-state index in [-0.39, 0.29) is 17.2 Å². The second-order valence-electron chi connectivity index (χ2n) is 5.29. The first-order chi connectivity index (χ1) is 12.0. The molecule has 0 unspecified atom stereocenters. The van der Waals surface area contributed by atoms with Gasteiger partial charge in [0.05, 0.1) is 12.2 Å². The number of halogens is 4. The van der Waals surface area contributed by atoms with Crippen LogP contribution in [-0.4, -0.2) is 28.3 Å². The Morgan fingerprint density at radius 3 is 2.46 bits per heavy atom. The third kappa shape index (κ3) is 3.70. The fraction of sp³-hybridized carbons (Fsp3) is 0.400. The number of hydrogen-bond acceptors (Lipinski definition) is 5. The molecule has 2 heterocycles. The van der Waals surface area contributed by atoms with Crippen LogP contribution in [0, 0.1) is 13.8 Å². The Morgan fingerprint density at radius 1 is 1.35 bits per heavy atom. The lowest BCUT2D eigenvalue weighted by molar-refractivity contribution is -0.143. The lowest BCUT2D eigenvalue weighted by Crippen LogP contribution is -2.16. The fourth-order valence-corrected chi connectivity index (χ4v) is 3.67. The Kier molecular flexibility index (Phi) is 5.67. The average Bonchev–Trinajstić information content (AvgIpc) is 2.95. The highest BCUT2D eigenvalue weighted by atomic mass is 35.5. The first-order valence-electron chi connectivity index (χ1n) is 7.37. The lowest BCUT2D eigenvalue weighted by Gasteiger charge is -2.07.